The topological polar surface area (TPSA) is 50.4 Å². The highest BCUT2D eigenvalue weighted by atomic mass is 35.5. The van der Waals surface area contributed by atoms with Crippen LogP contribution in [0.1, 0.15) is 23.7 Å². The van der Waals surface area contributed by atoms with Crippen LogP contribution in [0.4, 0.5) is 4.39 Å². The lowest BCUT2D eigenvalue weighted by atomic mass is 10.2. The number of hydrogen-bond acceptors (Lipinski definition) is 3. The van der Waals surface area contributed by atoms with E-state index in [1.807, 2.05) is 0 Å². The Morgan fingerprint density at radius 1 is 1.32 bits per heavy atom. The molecule has 1 aromatic rings. The minimum absolute atomic E-state index is 0. The fourth-order valence-electron chi connectivity index (χ4n) is 1.47. The molecule has 4 nitrogen and oxygen atoms in total. The van der Waals surface area contributed by atoms with Crippen molar-refractivity contribution in [3.63, 3.8) is 0 Å². The molecule has 0 saturated carbocycles. The van der Waals surface area contributed by atoms with Crippen molar-refractivity contribution in [2.45, 2.75) is 13.3 Å². The number of carbonyl (C=O) groups is 1. The Morgan fingerprint density at radius 3 is 2.68 bits per heavy atom. The summed E-state index contributed by atoms with van der Waals surface area (Å²) in [7, 11) is 1.37. The molecule has 0 fully saturated rings. The maximum atomic E-state index is 13.2. The fraction of sp³-hybridized carbons (Fsp3) is 0.462. The van der Waals surface area contributed by atoms with Crippen molar-refractivity contribution in [3.05, 3.63) is 29.6 Å². The molecule has 0 aliphatic rings. The van der Waals surface area contributed by atoms with Crippen LogP contribution in [0, 0.1) is 5.82 Å². The Bertz CT molecular complexity index is 402. The molecule has 0 spiro atoms. The number of methoxy groups -OCH3 is 1. The average molecular weight is 291 g/mol. The van der Waals surface area contributed by atoms with Gasteiger partial charge in [0.05, 0.1) is 7.11 Å². The number of ether oxygens (including phenoxy) is 1. The summed E-state index contributed by atoms with van der Waals surface area (Å²) in [5.74, 6) is -0.628. The third-order valence-electron chi connectivity index (χ3n) is 2.43. The number of nitrogens with one attached hydrogen (secondary N) is 2. The molecule has 1 amide bonds. The molecule has 108 valence electrons. The normalized spacial score (nSPS) is 9.63. The van der Waals surface area contributed by atoms with Gasteiger partial charge in [0, 0.05) is 18.7 Å². The van der Waals surface area contributed by atoms with Gasteiger partial charge < -0.3 is 15.4 Å². The van der Waals surface area contributed by atoms with E-state index in [1.165, 1.54) is 25.3 Å². The minimum atomic E-state index is -0.473. The van der Waals surface area contributed by atoms with Crippen molar-refractivity contribution in [1.82, 2.24) is 10.6 Å². The molecule has 0 aromatic heterocycles. The van der Waals surface area contributed by atoms with Crippen LogP contribution in [0.3, 0.4) is 0 Å². The van der Waals surface area contributed by atoms with Gasteiger partial charge in [-0.25, -0.2) is 4.39 Å². The third kappa shape index (κ3) is 5.89. The third-order valence-corrected chi connectivity index (χ3v) is 2.43. The lowest BCUT2D eigenvalue weighted by molar-refractivity contribution is 0.0953. The number of halogens is 2. The van der Waals surface area contributed by atoms with Gasteiger partial charge in [0.15, 0.2) is 11.6 Å². The van der Waals surface area contributed by atoms with Crippen molar-refractivity contribution in [1.29, 1.82) is 0 Å². The molecule has 0 aliphatic carbocycles. The Morgan fingerprint density at radius 2 is 2.05 bits per heavy atom. The summed E-state index contributed by atoms with van der Waals surface area (Å²) >= 11 is 0. The Kier molecular flexibility index (Phi) is 8.91. The molecule has 1 aromatic carbocycles. The Balaban J connectivity index is 0.00000324. The van der Waals surface area contributed by atoms with E-state index in [-0.39, 0.29) is 24.1 Å². The second kappa shape index (κ2) is 9.58. The van der Waals surface area contributed by atoms with Crippen LogP contribution in [0.5, 0.6) is 5.75 Å². The first kappa shape index (κ1) is 17.7. The first-order valence-corrected chi connectivity index (χ1v) is 6.01. The predicted octanol–water partition coefficient (Wildman–Crippen LogP) is 1.99. The quantitative estimate of drug-likeness (QED) is 0.755. The zero-order valence-electron chi connectivity index (χ0n) is 11.2. The average Bonchev–Trinajstić information content (AvgIpc) is 2.38. The SMILES string of the molecule is CCCNCCNC(=O)c1ccc(F)c(OC)c1.Cl. The minimum Gasteiger partial charge on any atom is -0.494 e. The fourth-order valence-corrected chi connectivity index (χ4v) is 1.47. The van der Waals surface area contributed by atoms with E-state index in [0.717, 1.165) is 19.5 Å². The van der Waals surface area contributed by atoms with E-state index in [1.54, 1.807) is 0 Å². The maximum absolute atomic E-state index is 13.2. The molecule has 0 unspecified atom stereocenters. The highest BCUT2D eigenvalue weighted by Crippen LogP contribution is 2.17. The molecule has 6 heteroatoms. The summed E-state index contributed by atoms with van der Waals surface area (Å²) in [5, 5.41) is 5.92. The van der Waals surface area contributed by atoms with Crippen LogP contribution in [0.25, 0.3) is 0 Å². The summed E-state index contributed by atoms with van der Waals surface area (Å²) in [4.78, 5) is 11.7. The number of benzene rings is 1. The van der Waals surface area contributed by atoms with Crippen molar-refractivity contribution >= 4 is 18.3 Å². The first-order chi connectivity index (χ1) is 8.69. The van der Waals surface area contributed by atoms with E-state index in [0.29, 0.717) is 12.1 Å². The van der Waals surface area contributed by atoms with Gasteiger partial charge >= 0.3 is 0 Å². The maximum Gasteiger partial charge on any atom is 0.251 e. The van der Waals surface area contributed by atoms with E-state index in [2.05, 4.69) is 17.6 Å². The van der Waals surface area contributed by atoms with Crippen LogP contribution >= 0.6 is 12.4 Å². The van der Waals surface area contributed by atoms with Crippen molar-refractivity contribution < 1.29 is 13.9 Å². The van der Waals surface area contributed by atoms with E-state index < -0.39 is 5.82 Å². The van der Waals surface area contributed by atoms with Gasteiger partial charge in [0.25, 0.3) is 5.91 Å². The molecular formula is C13H20ClFN2O2. The van der Waals surface area contributed by atoms with Gasteiger partial charge in [-0.3, -0.25) is 4.79 Å². The molecule has 0 radical (unpaired) electrons. The van der Waals surface area contributed by atoms with Gasteiger partial charge in [-0.2, -0.15) is 0 Å². The zero-order valence-corrected chi connectivity index (χ0v) is 12.0. The lowest BCUT2D eigenvalue weighted by Gasteiger charge is -2.08. The first-order valence-electron chi connectivity index (χ1n) is 6.01. The van der Waals surface area contributed by atoms with Crippen LogP contribution in [-0.4, -0.2) is 32.7 Å². The number of rotatable bonds is 7. The second-order valence-corrected chi connectivity index (χ2v) is 3.86. The molecule has 1 rings (SSSR count). The number of carbonyl (C=O) groups excluding carboxylic acids is 1. The molecule has 2 N–H and O–H groups in total. The highest BCUT2D eigenvalue weighted by Gasteiger charge is 2.09. The summed E-state index contributed by atoms with van der Waals surface area (Å²) < 4.78 is 18.0. The standard InChI is InChI=1S/C13H19FN2O2.ClH/c1-3-6-15-7-8-16-13(17)10-4-5-11(14)12(9-10)18-2;/h4-5,9,15H,3,6-8H2,1-2H3,(H,16,17);1H. The van der Waals surface area contributed by atoms with Crippen molar-refractivity contribution in [2.75, 3.05) is 26.7 Å². The summed E-state index contributed by atoms with van der Waals surface area (Å²) in [6, 6.07) is 4.06. The molecule has 0 atom stereocenters. The van der Waals surface area contributed by atoms with Gasteiger partial charge in [-0.1, -0.05) is 6.92 Å². The zero-order chi connectivity index (χ0) is 13.4. The molecule has 0 bridgehead atoms. The smallest absolute Gasteiger partial charge is 0.251 e. The van der Waals surface area contributed by atoms with Gasteiger partial charge in [-0.05, 0) is 31.2 Å². The second-order valence-electron chi connectivity index (χ2n) is 3.86. The van der Waals surface area contributed by atoms with Gasteiger partial charge in [-0.15, -0.1) is 12.4 Å². The largest absolute Gasteiger partial charge is 0.494 e. The number of amides is 1. The summed E-state index contributed by atoms with van der Waals surface area (Å²) in [6.45, 7) is 4.27. The van der Waals surface area contributed by atoms with Crippen molar-refractivity contribution in [2.24, 2.45) is 0 Å². The lowest BCUT2D eigenvalue weighted by Crippen LogP contribution is -2.32. The van der Waals surface area contributed by atoms with Gasteiger partial charge in [0.1, 0.15) is 0 Å². The van der Waals surface area contributed by atoms with Crippen LogP contribution in [0.2, 0.25) is 0 Å². The van der Waals surface area contributed by atoms with Crippen LogP contribution in [-0.2, 0) is 0 Å². The Labute approximate surface area is 119 Å². The summed E-state index contributed by atoms with van der Waals surface area (Å²) in [6.07, 6.45) is 1.06. The highest BCUT2D eigenvalue weighted by molar-refractivity contribution is 5.94. The van der Waals surface area contributed by atoms with E-state index in [4.69, 9.17) is 4.74 Å². The van der Waals surface area contributed by atoms with E-state index in [9.17, 15) is 9.18 Å². The van der Waals surface area contributed by atoms with Crippen LogP contribution < -0.4 is 15.4 Å². The Hall–Kier alpha value is -1.33. The molecule has 19 heavy (non-hydrogen) atoms. The van der Waals surface area contributed by atoms with E-state index >= 15 is 0 Å². The van der Waals surface area contributed by atoms with Crippen molar-refractivity contribution in [3.8, 4) is 5.75 Å². The molecule has 0 aliphatic heterocycles. The number of hydrogen-bond donors (Lipinski definition) is 2. The van der Waals surface area contributed by atoms with Crippen LogP contribution in [0.15, 0.2) is 18.2 Å². The summed E-state index contributed by atoms with van der Waals surface area (Å²) in [5.41, 5.74) is 0.392. The molecule has 0 saturated heterocycles. The predicted molar refractivity (Wildman–Crippen MR) is 75.7 cm³/mol. The molecular weight excluding hydrogens is 271 g/mol. The molecule has 0 heterocycles. The monoisotopic (exact) mass is 290 g/mol. The van der Waals surface area contributed by atoms with Gasteiger partial charge in [0.2, 0.25) is 0 Å².